The van der Waals surface area contributed by atoms with E-state index in [1.165, 1.54) is 11.1 Å². The van der Waals surface area contributed by atoms with Crippen molar-refractivity contribution < 1.29 is 10.2 Å². The number of phenolic OH excluding ortho intramolecular Hbond substituents is 2. The summed E-state index contributed by atoms with van der Waals surface area (Å²) in [5.74, 6) is 1.98. The second-order valence-electron chi connectivity index (χ2n) is 6.99. The third-order valence-electron chi connectivity index (χ3n) is 5.23. The average molecular weight is 326 g/mol. The number of aryl methyl sites for hydroxylation is 2. The largest absolute Gasteiger partial charge is 0.508 e. The zero-order valence-electron chi connectivity index (χ0n) is 15.3. The Morgan fingerprint density at radius 3 is 1.38 bits per heavy atom. The number of rotatable bonds is 7. The van der Waals surface area contributed by atoms with Gasteiger partial charge in [0.2, 0.25) is 0 Å². The van der Waals surface area contributed by atoms with Crippen LogP contribution in [0.25, 0.3) is 0 Å². The van der Waals surface area contributed by atoms with Gasteiger partial charge in [-0.15, -0.1) is 0 Å². The Bertz CT molecular complexity index is 616. The molecule has 2 aromatic carbocycles. The summed E-state index contributed by atoms with van der Waals surface area (Å²) < 4.78 is 0. The van der Waals surface area contributed by atoms with E-state index in [-0.39, 0.29) is 0 Å². The van der Waals surface area contributed by atoms with E-state index >= 15 is 0 Å². The highest BCUT2D eigenvalue weighted by Gasteiger charge is 2.20. The first-order chi connectivity index (χ1) is 11.4. The van der Waals surface area contributed by atoms with Crippen LogP contribution in [0.5, 0.6) is 11.5 Å². The summed E-state index contributed by atoms with van der Waals surface area (Å²) >= 11 is 0. The number of benzene rings is 2. The van der Waals surface area contributed by atoms with Crippen LogP contribution in [-0.4, -0.2) is 10.2 Å². The van der Waals surface area contributed by atoms with Gasteiger partial charge in [0.15, 0.2) is 0 Å². The maximum atomic E-state index is 9.71. The predicted octanol–water partition coefficient (Wildman–Crippen LogP) is 5.55. The summed E-state index contributed by atoms with van der Waals surface area (Å²) in [6, 6.07) is 11.9. The van der Waals surface area contributed by atoms with Crippen molar-refractivity contribution in [3.8, 4) is 11.5 Å². The van der Waals surface area contributed by atoms with Gasteiger partial charge >= 0.3 is 0 Å². The molecule has 0 bridgehead atoms. The Labute approximate surface area is 146 Å². The summed E-state index contributed by atoms with van der Waals surface area (Å²) in [6.45, 7) is 8.44. The summed E-state index contributed by atoms with van der Waals surface area (Å²) in [5, 5.41) is 19.4. The minimum absolute atomic E-state index is 0.374. The lowest BCUT2D eigenvalue weighted by molar-refractivity contribution is 0.308. The normalized spacial score (nSPS) is 13.7. The molecule has 0 fully saturated rings. The van der Waals surface area contributed by atoms with Gasteiger partial charge in [0.1, 0.15) is 11.5 Å². The van der Waals surface area contributed by atoms with Crippen molar-refractivity contribution in [3.63, 3.8) is 0 Å². The number of phenols is 2. The Morgan fingerprint density at radius 1 is 0.708 bits per heavy atom. The number of hydrogen-bond acceptors (Lipinski definition) is 2. The molecule has 2 aromatic rings. The molecular formula is C22H30O2. The Balaban J connectivity index is 2.13. The lowest BCUT2D eigenvalue weighted by atomic mass is 9.79. The molecular weight excluding hydrogens is 296 g/mol. The van der Waals surface area contributed by atoms with Gasteiger partial charge in [-0.1, -0.05) is 51.0 Å². The standard InChI is InChI=1S/C22H30O2/c1-5-19(13-17-7-9-21(23)15(3)11-17)20(6-2)14-18-8-10-22(24)16(4)12-18/h7-12,19-20,23-24H,5-6,13-14H2,1-4H3/t19-,20-/m1/s1. The molecule has 2 nitrogen and oxygen atoms in total. The number of aromatic hydroxyl groups is 2. The minimum Gasteiger partial charge on any atom is -0.508 e. The molecule has 2 rings (SSSR count). The summed E-state index contributed by atoms with van der Waals surface area (Å²) in [5.41, 5.74) is 4.50. The van der Waals surface area contributed by atoms with Crippen LogP contribution in [0.15, 0.2) is 36.4 Å². The first-order valence-electron chi connectivity index (χ1n) is 9.01. The lowest BCUT2D eigenvalue weighted by Gasteiger charge is -2.26. The minimum atomic E-state index is 0.374. The molecule has 0 spiro atoms. The fraction of sp³-hybridized carbons (Fsp3) is 0.455. The average Bonchev–Trinajstić information content (AvgIpc) is 2.57. The maximum Gasteiger partial charge on any atom is 0.118 e. The first-order valence-corrected chi connectivity index (χ1v) is 9.01. The monoisotopic (exact) mass is 326 g/mol. The topological polar surface area (TPSA) is 40.5 Å². The van der Waals surface area contributed by atoms with Crippen molar-refractivity contribution in [2.45, 2.75) is 53.4 Å². The van der Waals surface area contributed by atoms with E-state index in [0.29, 0.717) is 23.3 Å². The molecule has 2 N–H and O–H groups in total. The van der Waals surface area contributed by atoms with Crippen LogP contribution < -0.4 is 0 Å². The van der Waals surface area contributed by atoms with E-state index in [9.17, 15) is 10.2 Å². The summed E-state index contributed by atoms with van der Waals surface area (Å²) in [4.78, 5) is 0. The summed E-state index contributed by atoms with van der Waals surface area (Å²) in [6.07, 6.45) is 4.39. The van der Waals surface area contributed by atoms with E-state index in [2.05, 4.69) is 26.0 Å². The van der Waals surface area contributed by atoms with Gasteiger partial charge in [-0.3, -0.25) is 0 Å². The number of hydrogen-bond donors (Lipinski definition) is 2. The van der Waals surface area contributed by atoms with E-state index in [1.807, 2.05) is 38.1 Å². The highest BCUT2D eigenvalue weighted by atomic mass is 16.3. The molecule has 24 heavy (non-hydrogen) atoms. The van der Waals surface area contributed by atoms with Crippen LogP contribution >= 0.6 is 0 Å². The van der Waals surface area contributed by atoms with Gasteiger partial charge in [-0.25, -0.2) is 0 Å². The SMILES string of the molecule is CC[C@H](Cc1ccc(O)c(C)c1)[C@H](CC)Cc1ccc(O)c(C)c1. The van der Waals surface area contributed by atoms with Crippen molar-refractivity contribution in [1.29, 1.82) is 0 Å². The second kappa shape index (κ2) is 8.23. The molecule has 2 atom stereocenters. The van der Waals surface area contributed by atoms with Crippen LogP contribution in [-0.2, 0) is 12.8 Å². The van der Waals surface area contributed by atoms with Crippen LogP contribution in [0.2, 0.25) is 0 Å². The van der Waals surface area contributed by atoms with E-state index in [4.69, 9.17) is 0 Å². The summed E-state index contributed by atoms with van der Waals surface area (Å²) in [7, 11) is 0. The highest BCUT2D eigenvalue weighted by molar-refractivity contribution is 5.36. The predicted molar refractivity (Wildman–Crippen MR) is 101 cm³/mol. The fourth-order valence-electron chi connectivity index (χ4n) is 3.58. The van der Waals surface area contributed by atoms with Crippen LogP contribution in [0.1, 0.15) is 48.9 Å². The molecule has 0 amide bonds. The molecule has 0 aromatic heterocycles. The Morgan fingerprint density at radius 2 is 1.08 bits per heavy atom. The van der Waals surface area contributed by atoms with Crippen LogP contribution in [0, 0.1) is 25.7 Å². The van der Waals surface area contributed by atoms with Crippen molar-refractivity contribution >= 4 is 0 Å². The lowest BCUT2D eigenvalue weighted by Crippen LogP contribution is -2.18. The van der Waals surface area contributed by atoms with Crippen LogP contribution in [0.4, 0.5) is 0 Å². The molecule has 0 radical (unpaired) electrons. The van der Waals surface area contributed by atoms with Gasteiger partial charge in [-0.05, 0) is 72.9 Å². The molecule has 2 heteroatoms. The molecule has 0 aliphatic rings. The van der Waals surface area contributed by atoms with Crippen molar-refractivity contribution in [2.75, 3.05) is 0 Å². The van der Waals surface area contributed by atoms with Crippen molar-refractivity contribution in [1.82, 2.24) is 0 Å². The molecule has 0 saturated carbocycles. The fourth-order valence-corrected chi connectivity index (χ4v) is 3.58. The van der Waals surface area contributed by atoms with Gasteiger partial charge in [0.25, 0.3) is 0 Å². The van der Waals surface area contributed by atoms with Crippen molar-refractivity contribution in [2.24, 2.45) is 11.8 Å². The molecule has 0 aliphatic carbocycles. The van der Waals surface area contributed by atoms with Gasteiger partial charge in [0.05, 0.1) is 0 Å². The molecule has 0 unspecified atom stereocenters. The second-order valence-corrected chi connectivity index (χ2v) is 6.99. The van der Waals surface area contributed by atoms with Crippen LogP contribution in [0.3, 0.4) is 0 Å². The zero-order valence-corrected chi connectivity index (χ0v) is 15.3. The molecule has 130 valence electrons. The Kier molecular flexibility index (Phi) is 6.30. The first kappa shape index (κ1) is 18.4. The molecule has 0 saturated heterocycles. The smallest absolute Gasteiger partial charge is 0.118 e. The van der Waals surface area contributed by atoms with Gasteiger partial charge < -0.3 is 10.2 Å². The Hall–Kier alpha value is -1.96. The third kappa shape index (κ3) is 4.53. The van der Waals surface area contributed by atoms with E-state index < -0.39 is 0 Å². The van der Waals surface area contributed by atoms with E-state index in [0.717, 1.165) is 36.8 Å². The highest BCUT2D eigenvalue weighted by Crippen LogP contribution is 2.29. The van der Waals surface area contributed by atoms with Gasteiger partial charge in [-0.2, -0.15) is 0 Å². The molecule has 0 aliphatic heterocycles. The maximum absolute atomic E-state index is 9.71. The zero-order chi connectivity index (χ0) is 17.7. The third-order valence-corrected chi connectivity index (χ3v) is 5.23. The van der Waals surface area contributed by atoms with Gasteiger partial charge in [0, 0.05) is 0 Å². The quantitative estimate of drug-likeness (QED) is 0.700. The van der Waals surface area contributed by atoms with E-state index in [1.54, 1.807) is 0 Å². The van der Waals surface area contributed by atoms with Crippen molar-refractivity contribution in [3.05, 3.63) is 58.7 Å². The molecule has 0 heterocycles.